The monoisotopic (exact) mass is 496 g/mol. The summed E-state index contributed by atoms with van der Waals surface area (Å²) >= 11 is 12.1. The third-order valence-electron chi connectivity index (χ3n) is 4.47. The standard InChI is InChI=1S/C21H22Cl2N4O6/c1-21(32-20(29)27(2)3)8-13(26-33-21)11-31-17-7-12(5-6-16(17)30-4)19(28)25-18-14(22)9-24-10-15(18)23/h5-7,9-10H,8,11H2,1-4H3,(H,24,25,28). The van der Waals surface area contributed by atoms with Gasteiger partial charge in [0, 0.05) is 39.0 Å². The average Bonchev–Trinajstić information content (AvgIpc) is 3.14. The molecule has 10 nitrogen and oxygen atoms in total. The van der Waals surface area contributed by atoms with Gasteiger partial charge in [-0.05, 0) is 18.2 Å². The van der Waals surface area contributed by atoms with Crippen LogP contribution in [0.5, 0.6) is 11.5 Å². The Morgan fingerprint density at radius 2 is 1.91 bits per heavy atom. The van der Waals surface area contributed by atoms with E-state index in [1.54, 1.807) is 33.2 Å². The first kappa shape index (κ1) is 24.4. The van der Waals surface area contributed by atoms with E-state index in [9.17, 15) is 9.59 Å². The normalized spacial score (nSPS) is 17.0. The topological polar surface area (TPSA) is 112 Å². The van der Waals surface area contributed by atoms with Crippen molar-refractivity contribution in [3.63, 3.8) is 0 Å². The number of hydrogen-bond donors (Lipinski definition) is 1. The van der Waals surface area contributed by atoms with Gasteiger partial charge in [-0.3, -0.25) is 9.78 Å². The van der Waals surface area contributed by atoms with Crippen molar-refractivity contribution in [3.05, 3.63) is 46.2 Å². The largest absolute Gasteiger partial charge is 0.493 e. The summed E-state index contributed by atoms with van der Waals surface area (Å²) in [6.07, 6.45) is 2.41. The third kappa shape index (κ3) is 5.96. The van der Waals surface area contributed by atoms with E-state index in [0.717, 1.165) is 0 Å². The molecule has 0 aliphatic carbocycles. The van der Waals surface area contributed by atoms with E-state index in [2.05, 4.69) is 15.5 Å². The second-order valence-electron chi connectivity index (χ2n) is 7.41. The van der Waals surface area contributed by atoms with Gasteiger partial charge in [-0.1, -0.05) is 28.4 Å². The number of rotatable bonds is 7. The molecule has 1 aromatic carbocycles. The highest BCUT2D eigenvalue weighted by molar-refractivity contribution is 6.39. The van der Waals surface area contributed by atoms with Gasteiger partial charge in [-0.25, -0.2) is 4.79 Å². The highest BCUT2D eigenvalue weighted by Crippen LogP contribution is 2.32. The zero-order valence-electron chi connectivity index (χ0n) is 18.3. The number of pyridine rings is 1. The Hall–Kier alpha value is -3.24. The van der Waals surface area contributed by atoms with Crippen molar-refractivity contribution in [2.45, 2.75) is 19.1 Å². The highest BCUT2D eigenvalue weighted by atomic mass is 35.5. The van der Waals surface area contributed by atoms with Crippen LogP contribution < -0.4 is 14.8 Å². The number of nitrogens with one attached hydrogen (secondary N) is 1. The molecule has 1 unspecified atom stereocenters. The lowest BCUT2D eigenvalue weighted by molar-refractivity contribution is -0.175. The summed E-state index contributed by atoms with van der Waals surface area (Å²) in [7, 11) is 4.61. The number of methoxy groups -OCH3 is 1. The van der Waals surface area contributed by atoms with E-state index in [4.69, 9.17) is 42.3 Å². The van der Waals surface area contributed by atoms with E-state index in [1.807, 2.05) is 0 Å². The second kappa shape index (κ2) is 10.1. The number of nitrogens with zero attached hydrogens (tertiary/aromatic N) is 3. The number of anilines is 1. The van der Waals surface area contributed by atoms with Gasteiger partial charge < -0.3 is 29.3 Å². The quantitative estimate of drug-likeness (QED) is 0.610. The lowest BCUT2D eigenvalue weighted by atomic mass is 10.1. The maximum Gasteiger partial charge on any atom is 0.412 e. The molecule has 0 saturated heterocycles. The number of benzene rings is 1. The molecule has 0 radical (unpaired) electrons. The summed E-state index contributed by atoms with van der Waals surface area (Å²) in [5.41, 5.74) is 1.04. The predicted octanol–water partition coefficient (Wildman–Crippen LogP) is 4.22. The minimum absolute atomic E-state index is 0.0263. The van der Waals surface area contributed by atoms with Crippen LogP contribution in [0.1, 0.15) is 23.7 Å². The zero-order valence-corrected chi connectivity index (χ0v) is 19.9. The molecule has 2 amide bonds. The first-order valence-corrected chi connectivity index (χ1v) is 10.4. The van der Waals surface area contributed by atoms with Gasteiger partial charge in [-0.2, -0.15) is 0 Å². The fourth-order valence-corrected chi connectivity index (χ4v) is 3.27. The summed E-state index contributed by atoms with van der Waals surface area (Å²) in [5, 5.41) is 7.02. The van der Waals surface area contributed by atoms with E-state index in [-0.39, 0.29) is 34.3 Å². The number of aromatic nitrogens is 1. The number of hydrogen-bond acceptors (Lipinski definition) is 8. The molecule has 1 aliphatic heterocycles. The molecule has 2 heterocycles. The summed E-state index contributed by atoms with van der Waals surface area (Å²) in [4.78, 5) is 35.0. The molecule has 33 heavy (non-hydrogen) atoms. The summed E-state index contributed by atoms with van der Waals surface area (Å²) in [5.74, 6) is -0.969. The molecular formula is C21H22Cl2N4O6. The predicted molar refractivity (Wildman–Crippen MR) is 122 cm³/mol. The van der Waals surface area contributed by atoms with Crippen molar-refractivity contribution in [2.75, 3.05) is 33.1 Å². The number of amides is 2. The summed E-state index contributed by atoms with van der Waals surface area (Å²) in [6.45, 7) is 1.63. The zero-order chi connectivity index (χ0) is 24.2. The van der Waals surface area contributed by atoms with E-state index in [0.29, 0.717) is 17.2 Å². The van der Waals surface area contributed by atoms with Crippen LogP contribution in [0.3, 0.4) is 0 Å². The molecule has 1 aliphatic rings. The molecule has 12 heteroatoms. The Labute approximate surface area is 200 Å². The maximum atomic E-state index is 12.7. The van der Waals surface area contributed by atoms with Crippen molar-refractivity contribution in [2.24, 2.45) is 5.16 Å². The number of ether oxygens (including phenoxy) is 3. The molecule has 3 rings (SSSR count). The smallest absolute Gasteiger partial charge is 0.412 e. The third-order valence-corrected chi connectivity index (χ3v) is 5.05. The number of carbonyl (C=O) groups is 2. The molecule has 0 saturated carbocycles. The molecule has 2 aromatic rings. The Balaban J connectivity index is 1.68. The van der Waals surface area contributed by atoms with Crippen LogP contribution in [0.25, 0.3) is 0 Å². The van der Waals surface area contributed by atoms with E-state index >= 15 is 0 Å². The average molecular weight is 497 g/mol. The number of halogens is 2. The first-order chi connectivity index (χ1) is 15.6. The molecule has 1 N–H and O–H groups in total. The van der Waals surface area contributed by atoms with Crippen LogP contribution in [-0.2, 0) is 9.57 Å². The highest BCUT2D eigenvalue weighted by Gasteiger charge is 2.39. The maximum absolute atomic E-state index is 12.7. The minimum atomic E-state index is -1.23. The van der Waals surface area contributed by atoms with E-state index in [1.165, 1.54) is 30.5 Å². The van der Waals surface area contributed by atoms with E-state index < -0.39 is 17.8 Å². The Bertz CT molecular complexity index is 1070. The molecule has 0 bridgehead atoms. The van der Waals surface area contributed by atoms with Crippen LogP contribution in [0.2, 0.25) is 10.0 Å². The van der Waals surface area contributed by atoms with Crippen molar-refractivity contribution in [1.29, 1.82) is 0 Å². The van der Waals surface area contributed by atoms with Crippen molar-refractivity contribution in [1.82, 2.24) is 9.88 Å². The fourth-order valence-electron chi connectivity index (χ4n) is 2.81. The molecule has 176 valence electrons. The Morgan fingerprint density at radius 1 is 1.21 bits per heavy atom. The van der Waals surface area contributed by atoms with Crippen LogP contribution in [0.4, 0.5) is 10.5 Å². The van der Waals surface area contributed by atoms with Crippen molar-refractivity contribution in [3.8, 4) is 11.5 Å². The Kier molecular flexibility index (Phi) is 7.50. The first-order valence-electron chi connectivity index (χ1n) is 9.67. The van der Waals surface area contributed by atoms with Gasteiger partial charge >= 0.3 is 6.09 Å². The van der Waals surface area contributed by atoms with Crippen molar-refractivity contribution < 1.29 is 28.6 Å². The van der Waals surface area contributed by atoms with Gasteiger partial charge in [0.1, 0.15) is 12.3 Å². The fraction of sp³-hybridized carbons (Fsp3) is 0.333. The lowest BCUT2D eigenvalue weighted by Crippen LogP contribution is -2.36. The van der Waals surface area contributed by atoms with Crippen LogP contribution in [0, 0.1) is 0 Å². The van der Waals surface area contributed by atoms with Gasteiger partial charge in [-0.15, -0.1) is 0 Å². The molecule has 1 atom stereocenters. The summed E-state index contributed by atoms with van der Waals surface area (Å²) in [6, 6.07) is 4.67. The van der Waals surface area contributed by atoms with Gasteiger partial charge in [0.25, 0.3) is 11.7 Å². The van der Waals surface area contributed by atoms with Crippen molar-refractivity contribution >= 4 is 46.6 Å². The van der Waals surface area contributed by atoms with Crippen LogP contribution >= 0.6 is 23.2 Å². The van der Waals surface area contributed by atoms with Gasteiger partial charge in [0.2, 0.25) is 0 Å². The van der Waals surface area contributed by atoms with Gasteiger partial charge in [0.05, 0.1) is 29.3 Å². The molecular weight excluding hydrogens is 475 g/mol. The van der Waals surface area contributed by atoms with Crippen LogP contribution in [-0.4, -0.2) is 61.2 Å². The number of oxime groups is 1. The Morgan fingerprint density at radius 3 is 2.55 bits per heavy atom. The number of carbonyl (C=O) groups excluding carboxylic acids is 2. The second-order valence-corrected chi connectivity index (χ2v) is 8.22. The lowest BCUT2D eigenvalue weighted by Gasteiger charge is -2.23. The molecule has 1 aromatic heterocycles. The SMILES string of the molecule is COc1ccc(C(=O)Nc2c(Cl)cncc2Cl)cc1OCC1=NOC(C)(OC(=O)N(C)C)C1. The molecule has 0 fully saturated rings. The molecule has 0 spiro atoms. The van der Waals surface area contributed by atoms with Gasteiger partial charge in [0.15, 0.2) is 11.5 Å². The summed E-state index contributed by atoms with van der Waals surface area (Å²) < 4.78 is 16.4. The minimum Gasteiger partial charge on any atom is -0.493 e. The van der Waals surface area contributed by atoms with Crippen LogP contribution in [0.15, 0.2) is 35.7 Å².